The highest BCUT2D eigenvalue weighted by Gasteiger charge is 2.35. The number of nitrogens with zero attached hydrogens (tertiary/aromatic N) is 1. The van der Waals surface area contributed by atoms with Crippen LogP contribution in [0.5, 0.6) is 5.75 Å². The smallest absolute Gasteiger partial charge is 0.416 e. The van der Waals surface area contributed by atoms with E-state index in [-0.39, 0.29) is 18.3 Å². The minimum absolute atomic E-state index is 0.0772. The maximum atomic E-state index is 13.1. The molecule has 0 radical (unpaired) electrons. The number of hydrogen-bond acceptors (Lipinski definition) is 4. The molecule has 7 nitrogen and oxygen atoms in total. The second-order valence-corrected chi connectivity index (χ2v) is 9.44. The van der Waals surface area contributed by atoms with E-state index in [1.165, 1.54) is 17.0 Å². The van der Waals surface area contributed by atoms with Gasteiger partial charge in [-0.1, -0.05) is 12.1 Å². The lowest BCUT2D eigenvalue weighted by molar-refractivity contribution is -0.137. The van der Waals surface area contributed by atoms with E-state index < -0.39 is 29.4 Å². The maximum absolute atomic E-state index is 13.1. The third kappa shape index (κ3) is 5.59. The van der Waals surface area contributed by atoms with Gasteiger partial charge in [-0.3, -0.25) is 4.79 Å². The normalized spacial score (nSPS) is 18.8. The van der Waals surface area contributed by atoms with Crippen molar-refractivity contribution >= 4 is 28.9 Å². The number of carbonyl (C=O) groups is 2. The molecule has 3 amide bonds. The van der Waals surface area contributed by atoms with E-state index in [4.69, 9.17) is 4.74 Å². The molecule has 10 heteroatoms. The summed E-state index contributed by atoms with van der Waals surface area (Å²) >= 11 is 0. The van der Waals surface area contributed by atoms with Crippen LogP contribution < -0.4 is 15.4 Å². The fourth-order valence-corrected chi connectivity index (χ4v) is 4.25. The Morgan fingerprint density at radius 1 is 1.29 bits per heavy atom. The van der Waals surface area contributed by atoms with E-state index in [0.717, 1.165) is 17.7 Å². The Balaban J connectivity index is 1.55. The topological polar surface area (TPSA) is 90.9 Å². The average Bonchev–Trinajstić information content (AvgIpc) is 2.72. The number of hydrogen-bond donors (Lipinski definition) is 3. The van der Waals surface area contributed by atoms with Crippen LogP contribution in [0.3, 0.4) is 0 Å². The Hall–Kier alpha value is -3.53. The van der Waals surface area contributed by atoms with Crippen molar-refractivity contribution in [3.63, 3.8) is 0 Å². The number of β-amino-alcohol motifs (C(OH)–C–C–N with tert-alkyl or cyclic N) is 1. The first-order chi connectivity index (χ1) is 16.3. The molecular formula is C25H26F3N3O4. The number of amides is 3. The van der Waals surface area contributed by atoms with Crippen molar-refractivity contribution in [1.82, 2.24) is 4.90 Å². The highest BCUT2D eigenvalue weighted by molar-refractivity contribution is 6.05. The van der Waals surface area contributed by atoms with Gasteiger partial charge in [0.25, 0.3) is 0 Å². The molecule has 0 aliphatic carbocycles. The molecule has 35 heavy (non-hydrogen) atoms. The fraction of sp³-hybridized carbons (Fsp3) is 0.360. The Morgan fingerprint density at radius 2 is 2.03 bits per heavy atom. The first kappa shape index (κ1) is 24.6. The molecule has 2 aliphatic rings. The molecule has 0 aromatic heterocycles. The molecule has 1 atom stereocenters. The second-order valence-electron chi connectivity index (χ2n) is 9.44. The molecule has 2 aromatic rings. The molecule has 0 bridgehead atoms. The van der Waals surface area contributed by atoms with Crippen molar-refractivity contribution in [2.75, 3.05) is 17.2 Å². The number of rotatable bonds is 4. The minimum Gasteiger partial charge on any atom is -0.487 e. The first-order valence-corrected chi connectivity index (χ1v) is 11.1. The summed E-state index contributed by atoms with van der Waals surface area (Å²) in [5, 5.41) is 15.1. The number of fused-ring (bicyclic) bond motifs is 2. The van der Waals surface area contributed by atoms with Crippen LogP contribution in [0.25, 0.3) is 5.57 Å². The highest BCUT2D eigenvalue weighted by atomic mass is 19.4. The fourth-order valence-electron chi connectivity index (χ4n) is 4.25. The number of urea groups is 1. The number of halogens is 3. The molecular weight excluding hydrogens is 463 g/mol. The molecule has 0 saturated carbocycles. The van der Waals surface area contributed by atoms with Gasteiger partial charge in [0.05, 0.1) is 11.7 Å². The number of aliphatic hydroxyl groups excluding tert-OH is 1. The van der Waals surface area contributed by atoms with Gasteiger partial charge in [-0.2, -0.15) is 13.2 Å². The maximum Gasteiger partial charge on any atom is 0.416 e. The summed E-state index contributed by atoms with van der Waals surface area (Å²) in [6.45, 7) is 5.62. The van der Waals surface area contributed by atoms with Gasteiger partial charge in [0, 0.05) is 42.5 Å². The Labute approximate surface area is 200 Å². The summed E-state index contributed by atoms with van der Waals surface area (Å²) in [5.74, 6) is -0.380. The minimum atomic E-state index is -4.50. The van der Waals surface area contributed by atoms with E-state index >= 15 is 0 Å². The number of anilines is 2. The predicted octanol–water partition coefficient (Wildman–Crippen LogP) is 5.02. The predicted molar refractivity (Wildman–Crippen MR) is 125 cm³/mol. The molecule has 2 heterocycles. The zero-order valence-electron chi connectivity index (χ0n) is 19.5. The van der Waals surface area contributed by atoms with Crippen LogP contribution in [0.15, 0.2) is 42.5 Å². The molecule has 186 valence electrons. The molecule has 0 unspecified atom stereocenters. The van der Waals surface area contributed by atoms with Crippen molar-refractivity contribution in [2.24, 2.45) is 0 Å². The summed E-state index contributed by atoms with van der Waals surface area (Å²) in [5.41, 5.74) is 1.22. The quantitative estimate of drug-likeness (QED) is 0.527. The third-order valence-electron chi connectivity index (χ3n) is 5.71. The van der Waals surface area contributed by atoms with Gasteiger partial charge < -0.3 is 25.4 Å². The average molecular weight is 489 g/mol. The van der Waals surface area contributed by atoms with Crippen LogP contribution in [0.2, 0.25) is 0 Å². The summed E-state index contributed by atoms with van der Waals surface area (Å²) in [7, 11) is 0. The van der Waals surface area contributed by atoms with Crippen LogP contribution in [-0.2, 0) is 17.5 Å². The van der Waals surface area contributed by atoms with Gasteiger partial charge in [0.2, 0.25) is 5.91 Å². The summed E-state index contributed by atoms with van der Waals surface area (Å²) in [6, 6.07) is 8.01. The molecule has 0 saturated heterocycles. The van der Waals surface area contributed by atoms with E-state index in [2.05, 4.69) is 10.6 Å². The monoisotopic (exact) mass is 489 g/mol. The number of benzene rings is 2. The lowest BCUT2D eigenvalue weighted by atomic mass is 9.88. The first-order valence-electron chi connectivity index (χ1n) is 11.1. The van der Waals surface area contributed by atoms with E-state index in [0.29, 0.717) is 35.5 Å². The Bertz CT molecular complexity index is 1200. The highest BCUT2D eigenvalue weighted by Crippen LogP contribution is 2.43. The molecule has 2 aromatic carbocycles. The van der Waals surface area contributed by atoms with E-state index in [1.54, 1.807) is 39.0 Å². The number of nitrogens with one attached hydrogen (secondary N) is 2. The molecule has 4 rings (SSSR count). The van der Waals surface area contributed by atoms with Crippen LogP contribution in [0, 0.1) is 0 Å². The lowest BCUT2D eigenvalue weighted by Gasteiger charge is -2.34. The Morgan fingerprint density at radius 3 is 2.71 bits per heavy atom. The van der Waals surface area contributed by atoms with Crippen molar-refractivity contribution < 1.29 is 32.6 Å². The number of carbonyl (C=O) groups excluding carboxylic acids is 2. The zero-order valence-corrected chi connectivity index (χ0v) is 19.5. The van der Waals surface area contributed by atoms with Gasteiger partial charge in [-0.05, 0) is 56.2 Å². The van der Waals surface area contributed by atoms with Crippen LogP contribution in [0.4, 0.5) is 29.3 Å². The number of aliphatic hydroxyl groups is 1. The Kier molecular flexibility index (Phi) is 6.27. The SMILES string of the molecule is C[C@@H](O)CN1Cc2ccc(NC(=O)/C=C3\CC(C)(C)Oc4cc(C(F)(F)F)ccc43)cc2NC1=O. The standard InChI is InChI=1S/C25H26F3N3O4/c1-14(32)12-31-13-15-4-6-18(10-20(15)30-23(31)34)29-22(33)8-16-11-24(2,3)35-21-9-17(25(26,27)28)5-7-19(16)21/h4-10,14,32H,11-13H2,1-3H3,(H,29,33)(H,30,34)/b16-8+/t14-/m1/s1. The van der Waals surface area contributed by atoms with Gasteiger partial charge in [0.1, 0.15) is 11.4 Å². The van der Waals surface area contributed by atoms with Crippen LogP contribution in [-0.4, -0.2) is 40.2 Å². The summed E-state index contributed by atoms with van der Waals surface area (Å²) in [6.07, 6.45) is -3.47. The number of ether oxygens (including phenoxy) is 1. The van der Waals surface area contributed by atoms with E-state index in [9.17, 15) is 27.9 Å². The van der Waals surface area contributed by atoms with Gasteiger partial charge in [-0.25, -0.2) is 4.79 Å². The van der Waals surface area contributed by atoms with Crippen molar-refractivity contribution in [1.29, 1.82) is 0 Å². The van der Waals surface area contributed by atoms with Crippen molar-refractivity contribution in [3.8, 4) is 5.75 Å². The summed E-state index contributed by atoms with van der Waals surface area (Å²) < 4.78 is 45.2. The molecule has 3 N–H and O–H groups in total. The molecule has 0 fully saturated rings. The second kappa shape index (κ2) is 8.92. The van der Waals surface area contributed by atoms with Crippen molar-refractivity contribution in [3.05, 3.63) is 59.2 Å². The van der Waals surface area contributed by atoms with Crippen molar-refractivity contribution in [2.45, 2.75) is 51.6 Å². The number of alkyl halides is 3. The summed E-state index contributed by atoms with van der Waals surface area (Å²) in [4.78, 5) is 26.6. The largest absolute Gasteiger partial charge is 0.487 e. The van der Waals surface area contributed by atoms with E-state index in [1.807, 2.05) is 0 Å². The van der Waals surface area contributed by atoms with Crippen LogP contribution >= 0.6 is 0 Å². The lowest BCUT2D eigenvalue weighted by Crippen LogP contribution is -2.42. The van der Waals surface area contributed by atoms with Gasteiger partial charge in [-0.15, -0.1) is 0 Å². The van der Waals surface area contributed by atoms with Crippen LogP contribution in [0.1, 0.15) is 43.9 Å². The van der Waals surface area contributed by atoms with Gasteiger partial charge >= 0.3 is 12.2 Å². The molecule has 2 aliphatic heterocycles. The molecule has 0 spiro atoms. The third-order valence-corrected chi connectivity index (χ3v) is 5.71. The van der Waals surface area contributed by atoms with Gasteiger partial charge in [0.15, 0.2) is 0 Å². The zero-order chi connectivity index (χ0) is 25.5.